The zero-order valence-corrected chi connectivity index (χ0v) is 27.1. The molecule has 1 aliphatic carbocycles. The zero-order chi connectivity index (χ0) is 30.0. The van der Waals surface area contributed by atoms with E-state index in [4.69, 9.17) is 4.74 Å². The van der Waals surface area contributed by atoms with Gasteiger partial charge in [0.05, 0.1) is 18.7 Å². The first-order valence-corrected chi connectivity index (χ1v) is 17.5. The third-order valence-electron chi connectivity index (χ3n) is 9.67. The fourth-order valence-electron chi connectivity index (χ4n) is 6.97. The van der Waals surface area contributed by atoms with Gasteiger partial charge in [-0.15, -0.1) is 0 Å². The maximum absolute atomic E-state index is 15.5. The predicted octanol–water partition coefficient (Wildman–Crippen LogP) is 12.5. The van der Waals surface area contributed by atoms with E-state index in [-0.39, 0.29) is 11.6 Å². The van der Waals surface area contributed by atoms with Crippen LogP contribution in [0.2, 0.25) is 0 Å². The van der Waals surface area contributed by atoms with Gasteiger partial charge in [0.15, 0.2) is 11.6 Å². The first-order valence-electron chi connectivity index (χ1n) is 17.5. The van der Waals surface area contributed by atoms with E-state index in [1.807, 2.05) is 18.2 Å². The molecule has 0 unspecified atom stereocenters. The van der Waals surface area contributed by atoms with Crippen LogP contribution >= 0.6 is 0 Å². The maximum atomic E-state index is 15.5. The van der Waals surface area contributed by atoms with Crippen molar-refractivity contribution < 1.29 is 9.13 Å². The molecule has 0 bridgehead atoms. The van der Waals surface area contributed by atoms with Crippen molar-refractivity contribution in [2.75, 3.05) is 7.11 Å². The van der Waals surface area contributed by atoms with E-state index in [2.05, 4.69) is 32.0 Å². The molecular formula is C39H58FNO. The number of ether oxygens (including phenoxy) is 1. The molecule has 0 radical (unpaired) electrons. The van der Waals surface area contributed by atoms with Gasteiger partial charge >= 0.3 is 0 Å². The summed E-state index contributed by atoms with van der Waals surface area (Å²) < 4.78 is 21.1. The van der Waals surface area contributed by atoms with Crippen molar-refractivity contribution in [1.82, 2.24) is 0 Å². The van der Waals surface area contributed by atoms with E-state index < -0.39 is 0 Å². The number of unbranched alkanes of at least 4 members (excludes halogenated alkanes) is 13. The van der Waals surface area contributed by atoms with Crippen molar-refractivity contribution in [1.29, 1.82) is 5.26 Å². The Hall–Kier alpha value is -2.34. The Labute approximate surface area is 257 Å². The molecule has 1 saturated carbocycles. The van der Waals surface area contributed by atoms with Crippen LogP contribution < -0.4 is 4.74 Å². The van der Waals surface area contributed by atoms with Crippen molar-refractivity contribution >= 4 is 0 Å². The number of hydrogen-bond donors (Lipinski definition) is 0. The fourth-order valence-corrected chi connectivity index (χ4v) is 6.97. The van der Waals surface area contributed by atoms with Gasteiger partial charge in [0.2, 0.25) is 0 Å². The van der Waals surface area contributed by atoms with E-state index >= 15 is 4.39 Å². The van der Waals surface area contributed by atoms with Gasteiger partial charge in [-0.05, 0) is 67.6 Å². The number of nitrogens with zero attached hydrogens (tertiary/aromatic N) is 1. The Morgan fingerprint density at radius 2 is 1.31 bits per heavy atom. The van der Waals surface area contributed by atoms with E-state index in [0.29, 0.717) is 22.6 Å². The number of benzene rings is 2. The molecule has 1 fully saturated rings. The highest BCUT2D eigenvalue weighted by Crippen LogP contribution is 2.41. The normalized spacial score (nSPS) is 16.8. The first kappa shape index (κ1) is 34.2. The van der Waals surface area contributed by atoms with Crippen molar-refractivity contribution in [3.63, 3.8) is 0 Å². The van der Waals surface area contributed by atoms with E-state index in [1.54, 1.807) is 0 Å². The summed E-state index contributed by atoms with van der Waals surface area (Å²) in [5, 5.41) is 10.1. The molecule has 2 nitrogen and oxygen atoms in total. The highest BCUT2D eigenvalue weighted by Gasteiger charge is 2.24. The summed E-state index contributed by atoms with van der Waals surface area (Å²) in [5.41, 5.74) is 4.03. The molecule has 2 aromatic rings. The number of hydrogen-bond acceptors (Lipinski definition) is 2. The summed E-state index contributed by atoms with van der Waals surface area (Å²) in [6.45, 7) is 4.52. The van der Waals surface area contributed by atoms with E-state index in [1.165, 1.54) is 128 Å². The minimum Gasteiger partial charge on any atom is -0.493 e. The van der Waals surface area contributed by atoms with Gasteiger partial charge in [-0.1, -0.05) is 134 Å². The summed E-state index contributed by atoms with van der Waals surface area (Å²) in [7, 11) is 1.54. The molecule has 3 rings (SSSR count). The number of halogens is 1. The second-order valence-corrected chi connectivity index (χ2v) is 12.9. The smallest absolute Gasteiger partial charge is 0.168 e. The molecule has 0 saturated heterocycles. The lowest BCUT2D eigenvalue weighted by Gasteiger charge is -2.29. The van der Waals surface area contributed by atoms with Crippen LogP contribution in [0.25, 0.3) is 11.1 Å². The van der Waals surface area contributed by atoms with Crippen LogP contribution in [0.15, 0.2) is 30.3 Å². The first-order chi connectivity index (χ1) is 20.6. The van der Waals surface area contributed by atoms with E-state index in [9.17, 15) is 5.26 Å². The predicted molar refractivity (Wildman–Crippen MR) is 177 cm³/mol. The minimum absolute atomic E-state index is 0.266. The number of nitriles is 1. The number of rotatable bonds is 20. The number of methoxy groups -OCH3 is 1. The van der Waals surface area contributed by atoms with Crippen LogP contribution in [0.4, 0.5) is 4.39 Å². The quantitative estimate of drug-likeness (QED) is 0.147. The summed E-state index contributed by atoms with van der Waals surface area (Å²) in [6, 6.07) is 12.5. The van der Waals surface area contributed by atoms with Gasteiger partial charge < -0.3 is 4.74 Å². The standard InChI is InChI=1S/C39H58FNO/c1-4-6-8-10-12-14-16-18-20-33-25-28-37(39(42-3)38(33)40)36-27-26-34(29-35(36)30-41)32-23-21-31(22-24-32)19-17-15-13-11-9-7-5-2/h25-29,31-32H,4-24H2,1-3H3. The molecule has 1 aliphatic rings. The summed E-state index contributed by atoms with van der Waals surface area (Å²) in [5.74, 6) is 1.37. The summed E-state index contributed by atoms with van der Waals surface area (Å²) in [6.07, 6.45) is 26.6. The van der Waals surface area contributed by atoms with Gasteiger partial charge in [-0.2, -0.15) is 5.26 Å². The Morgan fingerprint density at radius 1 is 0.738 bits per heavy atom. The second kappa shape index (κ2) is 19.8. The Morgan fingerprint density at radius 3 is 1.90 bits per heavy atom. The molecule has 0 aromatic heterocycles. The average molecular weight is 576 g/mol. The third-order valence-corrected chi connectivity index (χ3v) is 9.67. The van der Waals surface area contributed by atoms with Gasteiger partial charge in [0, 0.05) is 11.1 Å². The monoisotopic (exact) mass is 575 g/mol. The van der Waals surface area contributed by atoms with Crippen LogP contribution in [-0.2, 0) is 6.42 Å². The van der Waals surface area contributed by atoms with Crippen LogP contribution in [0, 0.1) is 23.1 Å². The molecule has 0 spiro atoms. The third kappa shape index (κ3) is 10.7. The SMILES string of the molecule is CCCCCCCCCCc1ccc(-c2ccc(C3CCC(CCCCCCCCC)CC3)cc2C#N)c(OC)c1F. The highest BCUT2D eigenvalue weighted by molar-refractivity contribution is 5.77. The minimum atomic E-state index is -0.273. The average Bonchev–Trinajstić information content (AvgIpc) is 3.02. The molecule has 0 atom stereocenters. The number of aryl methyl sites for hydroxylation is 1. The van der Waals surface area contributed by atoms with Crippen LogP contribution in [-0.4, -0.2) is 7.11 Å². The maximum Gasteiger partial charge on any atom is 0.168 e. The molecule has 232 valence electrons. The van der Waals surface area contributed by atoms with Crippen molar-refractivity contribution in [3.8, 4) is 22.9 Å². The molecule has 42 heavy (non-hydrogen) atoms. The topological polar surface area (TPSA) is 33.0 Å². The van der Waals surface area contributed by atoms with E-state index in [0.717, 1.165) is 30.7 Å². The van der Waals surface area contributed by atoms with Crippen molar-refractivity contribution in [2.24, 2.45) is 5.92 Å². The molecule has 0 N–H and O–H groups in total. The molecule has 2 aromatic carbocycles. The van der Waals surface area contributed by atoms with Crippen LogP contribution in [0.5, 0.6) is 5.75 Å². The van der Waals surface area contributed by atoms with Crippen molar-refractivity contribution in [2.45, 2.75) is 155 Å². The van der Waals surface area contributed by atoms with Gasteiger partial charge in [0.25, 0.3) is 0 Å². The Kier molecular flexibility index (Phi) is 16.1. The Bertz CT molecular complexity index is 1080. The summed E-state index contributed by atoms with van der Waals surface area (Å²) in [4.78, 5) is 0. The Balaban J connectivity index is 1.54. The van der Waals surface area contributed by atoms with Gasteiger partial charge in [-0.3, -0.25) is 0 Å². The lowest BCUT2D eigenvalue weighted by atomic mass is 9.76. The molecule has 3 heteroatoms. The van der Waals surface area contributed by atoms with Gasteiger partial charge in [-0.25, -0.2) is 4.39 Å². The molecule has 0 amide bonds. The van der Waals surface area contributed by atoms with Crippen LogP contribution in [0.1, 0.15) is 165 Å². The summed E-state index contributed by atoms with van der Waals surface area (Å²) >= 11 is 0. The fraction of sp³-hybridized carbons (Fsp3) is 0.667. The molecule has 0 aliphatic heterocycles. The lowest BCUT2D eigenvalue weighted by Crippen LogP contribution is -2.13. The van der Waals surface area contributed by atoms with Crippen molar-refractivity contribution in [3.05, 3.63) is 52.8 Å². The lowest BCUT2D eigenvalue weighted by molar-refractivity contribution is 0.302. The second-order valence-electron chi connectivity index (χ2n) is 12.9. The zero-order valence-electron chi connectivity index (χ0n) is 27.1. The highest BCUT2D eigenvalue weighted by atomic mass is 19.1. The van der Waals surface area contributed by atoms with Crippen LogP contribution in [0.3, 0.4) is 0 Å². The van der Waals surface area contributed by atoms with Gasteiger partial charge in [0.1, 0.15) is 0 Å². The largest absolute Gasteiger partial charge is 0.493 e. The molecule has 0 heterocycles. The molecular weight excluding hydrogens is 517 g/mol.